The van der Waals surface area contributed by atoms with Crippen LogP contribution in [0.15, 0.2) is 0 Å². The first-order chi connectivity index (χ1) is 2.27. The van der Waals surface area contributed by atoms with Crippen molar-refractivity contribution in [1.29, 1.82) is 0 Å². The van der Waals surface area contributed by atoms with Crippen LogP contribution >= 0.6 is 10.3 Å². The summed E-state index contributed by atoms with van der Waals surface area (Å²) in [7, 11) is 0.302. The first-order valence-electron chi connectivity index (χ1n) is 1.51. The van der Waals surface area contributed by atoms with Crippen molar-refractivity contribution in [3.8, 4) is 0 Å². The van der Waals surface area contributed by atoms with E-state index < -0.39 is 0 Å². The molecular weight excluding hydrogens is 78.9 g/mol. The predicted octanol–water partition coefficient (Wildman–Crippen LogP) is 0.984. The topological polar surface area (TPSA) is 0 Å². The molecule has 0 aromatic rings. The van der Waals surface area contributed by atoms with E-state index in [9.17, 15) is 0 Å². The first-order valence-corrected chi connectivity index (χ1v) is 3.38. The van der Waals surface area contributed by atoms with Gasteiger partial charge >= 0.3 is 0 Å². The molecule has 0 rings (SSSR count). The normalized spacial score (nSPS) is 14.0. The van der Waals surface area contributed by atoms with Gasteiger partial charge in [0.05, 0.1) is 0 Å². The van der Waals surface area contributed by atoms with E-state index in [1.54, 1.807) is 0 Å². The van der Waals surface area contributed by atoms with Gasteiger partial charge in [-0.2, -0.15) is 0 Å². The fourth-order valence-corrected chi connectivity index (χ4v) is 0. The summed E-state index contributed by atoms with van der Waals surface area (Å²) in [6, 6.07) is 0. The third kappa shape index (κ3) is 4.28. The lowest BCUT2D eigenvalue weighted by molar-refractivity contribution is 2.36. The maximum atomic E-state index is 3.73. The zero-order valence-corrected chi connectivity index (χ0v) is 4.51. The quantitative estimate of drug-likeness (QED) is 0.330. The van der Waals surface area contributed by atoms with E-state index in [1.165, 1.54) is 0 Å². The van der Waals surface area contributed by atoms with Crippen molar-refractivity contribution in [3.63, 3.8) is 0 Å². The van der Waals surface area contributed by atoms with Gasteiger partial charge < -0.3 is 0 Å². The number of hydrogen-bond acceptors (Lipinski definition) is 0. The van der Waals surface area contributed by atoms with Crippen LogP contribution < -0.4 is 0 Å². The molecule has 0 heterocycles. The van der Waals surface area contributed by atoms with Crippen LogP contribution in [0.4, 0.5) is 0 Å². The lowest BCUT2D eigenvalue weighted by Gasteiger charge is -1.81. The SMILES string of the molecule is C=S(C)[B]C. The second-order valence-corrected chi connectivity index (χ2v) is 2.78. The van der Waals surface area contributed by atoms with Crippen LogP contribution in [-0.4, -0.2) is 18.7 Å². The largest absolute Gasteiger partial charge is 0.241 e. The minimum atomic E-state index is 0.302. The summed E-state index contributed by atoms with van der Waals surface area (Å²) < 4.78 is 0. The Morgan fingerprint density at radius 2 is 2.00 bits per heavy atom. The summed E-state index contributed by atoms with van der Waals surface area (Å²) in [4.78, 5) is 0. The molecule has 0 N–H and O–H groups in total. The van der Waals surface area contributed by atoms with Crippen LogP contribution in [0.25, 0.3) is 0 Å². The Kier molecular flexibility index (Phi) is 2.66. The standard InChI is InChI=1S/C3H8BS/c1-4-5(2)3/h2H2,1,3H3. The van der Waals surface area contributed by atoms with Gasteiger partial charge in [-0.25, -0.2) is 10.3 Å². The molecule has 0 aliphatic carbocycles. The molecule has 5 heavy (non-hydrogen) atoms. The van der Waals surface area contributed by atoms with Gasteiger partial charge in [0.25, 0.3) is 0 Å². The van der Waals surface area contributed by atoms with Gasteiger partial charge in [0.2, 0.25) is 0 Å². The van der Waals surface area contributed by atoms with Crippen molar-refractivity contribution in [2.45, 2.75) is 6.82 Å². The van der Waals surface area contributed by atoms with E-state index in [0.29, 0.717) is 10.3 Å². The second kappa shape index (κ2) is 2.52. The third-order valence-corrected chi connectivity index (χ3v) is 1.21. The Balaban J connectivity index is 2.85. The van der Waals surface area contributed by atoms with E-state index in [0.717, 1.165) is 0 Å². The first kappa shape index (κ1) is 5.28. The minimum Gasteiger partial charge on any atom is -0.241 e. The van der Waals surface area contributed by atoms with Gasteiger partial charge in [-0.15, -0.1) is 0 Å². The molecule has 29 valence electrons. The summed E-state index contributed by atoms with van der Waals surface area (Å²) in [6.07, 6.45) is 2.08. The molecule has 0 aliphatic rings. The van der Waals surface area contributed by atoms with Gasteiger partial charge in [0.1, 0.15) is 0 Å². The van der Waals surface area contributed by atoms with Crippen LogP contribution in [-0.2, 0) is 0 Å². The molecule has 0 saturated heterocycles. The van der Waals surface area contributed by atoms with Crippen LogP contribution in [0.2, 0.25) is 6.82 Å². The molecule has 1 radical (unpaired) electrons. The fraction of sp³-hybridized carbons (Fsp3) is 0.667. The van der Waals surface area contributed by atoms with Gasteiger partial charge in [-0.3, -0.25) is 0 Å². The van der Waals surface area contributed by atoms with Gasteiger partial charge in [-0.05, 0) is 6.26 Å². The van der Waals surface area contributed by atoms with Gasteiger partial charge in [-0.1, -0.05) is 12.7 Å². The molecule has 0 bridgehead atoms. The fourth-order valence-electron chi connectivity index (χ4n) is 0. The zero-order chi connectivity index (χ0) is 4.28. The predicted molar refractivity (Wildman–Crippen MR) is 32.3 cm³/mol. The lowest BCUT2D eigenvalue weighted by atomic mass is 10.2. The number of hydrogen-bond donors (Lipinski definition) is 0. The average Bonchev–Trinajstić information content (AvgIpc) is 1.38. The van der Waals surface area contributed by atoms with Crippen LogP contribution in [0, 0.1) is 0 Å². The van der Waals surface area contributed by atoms with Gasteiger partial charge in [0.15, 0.2) is 6.56 Å². The van der Waals surface area contributed by atoms with Crippen LogP contribution in [0.1, 0.15) is 0 Å². The Labute approximate surface area is 36.6 Å². The monoisotopic (exact) mass is 87.0 g/mol. The lowest BCUT2D eigenvalue weighted by Crippen LogP contribution is -1.68. The molecule has 0 nitrogen and oxygen atoms in total. The summed E-state index contributed by atoms with van der Waals surface area (Å²) in [5, 5.41) is 0. The molecule has 0 aliphatic heterocycles. The highest BCUT2D eigenvalue weighted by molar-refractivity contribution is 8.34. The highest BCUT2D eigenvalue weighted by atomic mass is 32.2. The third-order valence-electron chi connectivity index (χ3n) is 0.402. The smallest absolute Gasteiger partial charge is 0.181 e. The van der Waals surface area contributed by atoms with E-state index in [-0.39, 0.29) is 0 Å². The molecule has 0 spiro atoms. The van der Waals surface area contributed by atoms with Crippen LogP contribution in [0.3, 0.4) is 0 Å². The molecule has 0 saturated carbocycles. The molecule has 1 unspecified atom stereocenters. The summed E-state index contributed by atoms with van der Waals surface area (Å²) in [5.41, 5.74) is 0. The van der Waals surface area contributed by atoms with Crippen LogP contribution in [0.5, 0.6) is 0 Å². The molecule has 0 fully saturated rings. The maximum absolute atomic E-state index is 3.73. The maximum Gasteiger partial charge on any atom is 0.181 e. The van der Waals surface area contributed by atoms with Crippen molar-refractivity contribution in [2.24, 2.45) is 0 Å². The minimum absolute atomic E-state index is 0.302. The summed E-state index contributed by atoms with van der Waals surface area (Å²) in [6.45, 7) is 4.11. The molecule has 2 heteroatoms. The zero-order valence-electron chi connectivity index (χ0n) is 3.69. The van der Waals surface area contributed by atoms with Gasteiger partial charge in [0, 0.05) is 0 Å². The molecule has 0 aromatic carbocycles. The van der Waals surface area contributed by atoms with E-state index in [4.69, 9.17) is 0 Å². The van der Waals surface area contributed by atoms with E-state index in [1.807, 2.05) is 6.82 Å². The molecule has 0 amide bonds. The molecular formula is C3H8BS. The van der Waals surface area contributed by atoms with E-state index >= 15 is 0 Å². The van der Waals surface area contributed by atoms with Crippen molar-refractivity contribution >= 4 is 22.8 Å². The van der Waals surface area contributed by atoms with E-state index in [2.05, 4.69) is 18.7 Å². The molecule has 0 aromatic heterocycles. The Morgan fingerprint density at radius 1 is 1.80 bits per heavy atom. The second-order valence-electron chi connectivity index (χ2n) is 0.927. The van der Waals surface area contributed by atoms with Crippen molar-refractivity contribution in [1.82, 2.24) is 0 Å². The molecule has 1 atom stereocenters. The Hall–Kier alpha value is 0.285. The Morgan fingerprint density at radius 3 is 2.00 bits per heavy atom. The van der Waals surface area contributed by atoms with Crippen molar-refractivity contribution in [2.75, 3.05) is 6.26 Å². The van der Waals surface area contributed by atoms with Crippen molar-refractivity contribution < 1.29 is 0 Å². The highest BCUT2D eigenvalue weighted by Gasteiger charge is 1.69. The Bertz CT molecular complexity index is 42.2. The number of rotatable bonds is 1. The summed E-state index contributed by atoms with van der Waals surface area (Å²) in [5.74, 6) is 3.73. The highest BCUT2D eigenvalue weighted by Crippen LogP contribution is 1.93. The summed E-state index contributed by atoms with van der Waals surface area (Å²) >= 11 is 0. The van der Waals surface area contributed by atoms with Crippen molar-refractivity contribution in [3.05, 3.63) is 0 Å². The average molecular weight is 87.0 g/mol.